The predicted octanol–water partition coefficient (Wildman–Crippen LogP) is 6.48. The second-order valence-electron chi connectivity index (χ2n) is 10.8. The number of rotatable bonds is 4. The van der Waals surface area contributed by atoms with Gasteiger partial charge in [0.2, 0.25) is 0 Å². The Kier molecular flexibility index (Phi) is 4.82. The minimum Gasteiger partial charge on any atom is -0.459 e. The first-order chi connectivity index (χ1) is 14.8. The minimum absolute atomic E-state index is 0.00507. The van der Waals surface area contributed by atoms with E-state index >= 15 is 0 Å². The fourth-order valence-corrected chi connectivity index (χ4v) is 7.01. The molecule has 2 aromatic carbocycles. The van der Waals surface area contributed by atoms with Gasteiger partial charge >= 0.3 is 5.97 Å². The number of esters is 1. The molecule has 0 amide bonds. The molecule has 3 nitrogen and oxygen atoms in total. The van der Waals surface area contributed by atoms with E-state index in [1.807, 2.05) is 30.3 Å². The molecule has 0 bridgehead atoms. The molecule has 5 rings (SSSR count). The third kappa shape index (κ3) is 3.16. The van der Waals surface area contributed by atoms with Crippen LogP contribution in [0.5, 0.6) is 0 Å². The molecule has 0 N–H and O–H groups in total. The van der Waals surface area contributed by atoms with Crippen LogP contribution in [0.2, 0.25) is 0 Å². The molecule has 2 saturated carbocycles. The Balaban J connectivity index is 1.40. The summed E-state index contributed by atoms with van der Waals surface area (Å²) >= 11 is 0. The van der Waals surface area contributed by atoms with Crippen LogP contribution in [0, 0.1) is 28.6 Å². The highest BCUT2D eigenvalue weighted by Gasteiger charge is 2.68. The van der Waals surface area contributed by atoms with Crippen LogP contribution in [0.3, 0.4) is 0 Å². The van der Waals surface area contributed by atoms with Crippen molar-refractivity contribution in [1.29, 1.82) is 0 Å². The zero-order valence-electron chi connectivity index (χ0n) is 19.4. The van der Waals surface area contributed by atoms with Gasteiger partial charge in [-0.25, -0.2) is 4.79 Å². The average Bonchev–Trinajstić information content (AvgIpc) is 3.31. The van der Waals surface area contributed by atoms with Crippen LogP contribution < -0.4 is 0 Å². The van der Waals surface area contributed by atoms with Crippen LogP contribution in [0.25, 0.3) is 10.8 Å². The predicted molar refractivity (Wildman–Crippen MR) is 124 cm³/mol. The lowest BCUT2D eigenvalue weighted by molar-refractivity contribution is -0.173. The van der Waals surface area contributed by atoms with Crippen LogP contribution in [0.15, 0.2) is 54.1 Å². The number of fused-ring (bicyclic) bond motifs is 4. The molecule has 0 radical (unpaired) electrons. The van der Waals surface area contributed by atoms with Crippen molar-refractivity contribution in [2.24, 2.45) is 28.6 Å². The Morgan fingerprint density at radius 3 is 2.58 bits per heavy atom. The maximum atomic E-state index is 13.3. The lowest BCUT2D eigenvalue weighted by atomic mass is 9.58. The number of carbonyl (C=O) groups is 1. The summed E-state index contributed by atoms with van der Waals surface area (Å²) in [4.78, 5) is 13.3. The molecule has 0 aromatic heterocycles. The number of allylic oxidation sites excluding steroid dienone is 1. The van der Waals surface area contributed by atoms with E-state index in [0.717, 1.165) is 35.1 Å². The second-order valence-corrected chi connectivity index (χ2v) is 10.8. The van der Waals surface area contributed by atoms with Gasteiger partial charge in [0.25, 0.3) is 0 Å². The van der Waals surface area contributed by atoms with Crippen molar-refractivity contribution < 1.29 is 14.3 Å². The van der Waals surface area contributed by atoms with E-state index < -0.39 is 6.10 Å². The maximum Gasteiger partial charge on any atom is 0.340 e. The molecular weight excluding hydrogens is 384 g/mol. The van der Waals surface area contributed by atoms with Crippen molar-refractivity contribution in [3.8, 4) is 0 Å². The Morgan fingerprint density at radius 1 is 1.10 bits per heavy atom. The van der Waals surface area contributed by atoms with Gasteiger partial charge in [-0.05, 0) is 65.3 Å². The highest BCUT2D eigenvalue weighted by atomic mass is 16.6. The third-order valence-corrected chi connectivity index (χ3v) is 8.87. The molecule has 164 valence electrons. The molecule has 2 aromatic rings. The molecule has 0 heterocycles. The van der Waals surface area contributed by atoms with Crippen molar-refractivity contribution in [3.63, 3.8) is 0 Å². The SMILES string of the molecule is CO[C@@H](C(=O)O[C@H]1CC=C(C)[C@@H]2[C@@H]3[C@H](CC[C@@]12C)C3(C)C)c1ccc2ccccc2c1. The van der Waals surface area contributed by atoms with Gasteiger partial charge in [0.15, 0.2) is 6.10 Å². The zero-order valence-corrected chi connectivity index (χ0v) is 19.4. The molecule has 31 heavy (non-hydrogen) atoms. The van der Waals surface area contributed by atoms with Gasteiger partial charge in [0.1, 0.15) is 6.10 Å². The van der Waals surface area contributed by atoms with Gasteiger partial charge in [-0.1, -0.05) is 68.8 Å². The Labute approximate surface area is 185 Å². The highest BCUT2D eigenvalue weighted by molar-refractivity contribution is 5.85. The number of carbonyl (C=O) groups excluding carboxylic acids is 1. The second kappa shape index (κ2) is 7.20. The van der Waals surface area contributed by atoms with Crippen LogP contribution in [-0.4, -0.2) is 19.2 Å². The fourth-order valence-electron chi connectivity index (χ4n) is 7.01. The minimum atomic E-state index is -0.702. The van der Waals surface area contributed by atoms with E-state index in [2.05, 4.69) is 45.9 Å². The van der Waals surface area contributed by atoms with Crippen LogP contribution >= 0.6 is 0 Å². The van der Waals surface area contributed by atoms with Gasteiger partial charge in [-0.2, -0.15) is 0 Å². The summed E-state index contributed by atoms with van der Waals surface area (Å²) in [6, 6.07) is 14.2. The van der Waals surface area contributed by atoms with Gasteiger partial charge < -0.3 is 9.47 Å². The van der Waals surface area contributed by atoms with Crippen molar-refractivity contribution in [3.05, 3.63) is 59.7 Å². The molecule has 0 saturated heterocycles. The van der Waals surface area contributed by atoms with Crippen molar-refractivity contribution in [2.45, 2.75) is 59.2 Å². The molecular formula is C28H34O3. The lowest BCUT2D eigenvalue weighted by Crippen LogP contribution is -2.48. The Bertz CT molecular complexity index is 1050. The summed E-state index contributed by atoms with van der Waals surface area (Å²) in [7, 11) is 1.59. The van der Waals surface area contributed by atoms with E-state index in [0.29, 0.717) is 17.3 Å². The molecule has 0 unspecified atom stereocenters. The van der Waals surface area contributed by atoms with E-state index in [1.54, 1.807) is 7.11 Å². The first-order valence-electron chi connectivity index (χ1n) is 11.7. The number of hydrogen-bond acceptors (Lipinski definition) is 3. The monoisotopic (exact) mass is 418 g/mol. The smallest absolute Gasteiger partial charge is 0.340 e. The number of ether oxygens (including phenoxy) is 2. The summed E-state index contributed by atoms with van der Waals surface area (Å²) in [5.41, 5.74) is 2.75. The van der Waals surface area contributed by atoms with E-state index in [4.69, 9.17) is 9.47 Å². The topological polar surface area (TPSA) is 35.5 Å². The van der Waals surface area contributed by atoms with Crippen molar-refractivity contribution >= 4 is 16.7 Å². The molecule has 3 aliphatic carbocycles. The van der Waals surface area contributed by atoms with E-state index in [1.165, 1.54) is 12.0 Å². The van der Waals surface area contributed by atoms with Gasteiger partial charge in [-0.3, -0.25) is 0 Å². The van der Waals surface area contributed by atoms with Gasteiger partial charge in [0, 0.05) is 18.9 Å². The van der Waals surface area contributed by atoms with Crippen LogP contribution in [0.4, 0.5) is 0 Å². The molecule has 3 heteroatoms. The lowest BCUT2D eigenvalue weighted by Gasteiger charge is -2.49. The van der Waals surface area contributed by atoms with E-state index in [9.17, 15) is 4.79 Å². The first kappa shape index (κ1) is 20.8. The average molecular weight is 419 g/mol. The van der Waals surface area contributed by atoms with Crippen LogP contribution in [-0.2, 0) is 14.3 Å². The number of methoxy groups -OCH3 is 1. The molecule has 2 fully saturated rings. The summed E-state index contributed by atoms with van der Waals surface area (Å²) < 4.78 is 11.9. The Hall–Kier alpha value is -2.13. The number of benzene rings is 2. The standard InChI is InChI=1S/C28H34O3/c1-17-10-13-22(28(4)15-14-21-24(23(17)28)27(21,2)3)31-26(29)25(30-5)20-12-11-18-8-6-7-9-19(18)16-20/h6-12,16,21-25H,13-15H2,1-5H3/t21-,22-,23+,24-,25+,28-/m0/s1. The molecule has 3 aliphatic rings. The maximum absolute atomic E-state index is 13.3. The van der Waals surface area contributed by atoms with Crippen molar-refractivity contribution in [1.82, 2.24) is 0 Å². The zero-order chi connectivity index (χ0) is 22.0. The molecule has 0 spiro atoms. The molecule has 0 aliphatic heterocycles. The largest absolute Gasteiger partial charge is 0.459 e. The third-order valence-electron chi connectivity index (χ3n) is 8.87. The molecule has 6 atom stereocenters. The normalized spacial score (nSPS) is 34.3. The Morgan fingerprint density at radius 2 is 1.84 bits per heavy atom. The first-order valence-corrected chi connectivity index (χ1v) is 11.7. The van der Waals surface area contributed by atoms with Gasteiger partial charge in [-0.15, -0.1) is 0 Å². The van der Waals surface area contributed by atoms with Gasteiger partial charge in [0.05, 0.1) is 0 Å². The van der Waals surface area contributed by atoms with E-state index in [-0.39, 0.29) is 17.5 Å². The number of hydrogen-bond donors (Lipinski definition) is 0. The van der Waals surface area contributed by atoms with Crippen molar-refractivity contribution in [2.75, 3.05) is 7.11 Å². The summed E-state index contributed by atoms with van der Waals surface area (Å²) in [5.74, 6) is 1.76. The van der Waals surface area contributed by atoms with Crippen LogP contribution in [0.1, 0.15) is 58.6 Å². The quantitative estimate of drug-likeness (QED) is 0.421. The summed E-state index contributed by atoms with van der Waals surface area (Å²) in [5, 5.41) is 2.26. The fraction of sp³-hybridized carbons (Fsp3) is 0.536. The summed E-state index contributed by atoms with van der Waals surface area (Å²) in [6.07, 6.45) is 4.69. The summed E-state index contributed by atoms with van der Waals surface area (Å²) in [6.45, 7) is 9.47. The highest BCUT2D eigenvalue weighted by Crippen LogP contribution is 2.73.